The molecule has 0 aliphatic heterocycles. The second kappa shape index (κ2) is 8.15. The van der Waals surface area contributed by atoms with Crippen molar-refractivity contribution < 1.29 is 19.4 Å². The Bertz CT molecular complexity index is 1300. The topological polar surface area (TPSA) is 88.5 Å². The van der Waals surface area contributed by atoms with Gasteiger partial charge < -0.3 is 15.2 Å². The summed E-state index contributed by atoms with van der Waals surface area (Å²) in [5.74, 6) is -1.02. The van der Waals surface area contributed by atoms with Crippen molar-refractivity contribution in [1.29, 1.82) is 0 Å². The monoisotopic (exact) mass is 424 g/mol. The van der Waals surface area contributed by atoms with E-state index in [1.165, 1.54) is 17.2 Å². The van der Waals surface area contributed by atoms with E-state index in [9.17, 15) is 14.7 Å². The van der Waals surface area contributed by atoms with Gasteiger partial charge in [0.15, 0.2) is 0 Å². The maximum absolute atomic E-state index is 12.5. The minimum absolute atomic E-state index is 0.00880. The van der Waals surface area contributed by atoms with Gasteiger partial charge in [0.05, 0.1) is 11.1 Å². The standard InChI is InChI=1S/C26H20N2O4/c29-25(30)22-12-11-16(24-21(22)10-5-13-27-24)14-28-26(31)32-15-23-19-8-3-1-6-17(19)18-7-2-4-9-20(18)23/h1-13,23H,14-15H2,(H,28,31)(H,29,30). The van der Waals surface area contributed by atoms with Gasteiger partial charge in [-0.3, -0.25) is 4.98 Å². The molecule has 0 radical (unpaired) electrons. The number of nitrogens with zero attached hydrogens (tertiary/aromatic N) is 1. The van der Waals surface area contributed by atoms with Crippen molar-refractivity contribution in [3.63, 3.8) is 0 Å². The number of ether oxygens (including phenoxy) is 1. The number of aromatic nitrogens is 1. The summed E-state index contributed by atoms with van der Waals surface area (Å²) in [6.07, 6.45) is 1.07. The molecule has 1 amide bonds. The maximum atomic E-state index is 12.5. The number of carbonyl (C=O) groups excluding carboxylic acids is 1. The fourth-order valence-electron chi connectivity index (χ4n) is 4.38. The predicted octanol–water partition coefficient (Wildman–Crippen LogP) is 4.97. The minimum Gasteiger partial charge on any atom is -0.478 e. The normalized spacial score (nSPS) is 12.2. The van der Waals surface area contributed by atoms with E-state index >= 15 is 0 Å². The van der Waals surface area contributed by atoms with Crippen molar-refractivity contribution in [1.82, 2.24) is 10.3 Å². The Morgan fingerprint density at radius 2 is 1.59 bits per heavy atom. The van der Waals surface area contributed by atoms with Gasteiger partial charge in [0.1, 0.15) is 6.61 Å². The van der Waals surface area contributed by atoms with Crippen molar-refractivity contribution >= 4 is 23.0 Å². The number of alkyl carbamates (subject to hydrolysis) is 1. The number of fused-ring (bicyclic) bond motifs is 4. The van der Waals surface area contributed by atoms with E-state index in [1.807, 2.05) is 24.3 Å². The summed E-state index contributed by atoms with van der Waals surface area (Å²) < 4.78 is 5.57. The number of hydrogen-bond acceptors (Lipinski definition) is 4. The quantitative estimate of drug-likeness (QED) is 0.472. The van der Waals surface area contributed by atoms with Crippen molar-refractivity contribution in [2.24, 2.45) is 0 Å². The number of carboxylic acid groups (broad SMARTS) is 1. The van der Waals surface area contributed by atoms with Crippen molar-refractivity contribution in [3.8, 4) is 11.1 Å². The number of nitrogens with one attached hydrogen (secondary N) is 1. The Balaban J connectivity index is 1.29. The molecule has 6 heteroatoms. The molecule has 1 aliphatic rings. The molecule has 32 heavy (non-hydrogen) atoms. The van der Waals surface area contributed by atoms with Gasteiger partial charge in [-0.15, -0.1) is 0 Å². The smallest absolute Gasteiger partial charge is 0.407 e. The molecular formula is C26H20N2O4. The third kappa shape index (κ3) is 3.46. The second-order valence-corrected chi connectivity index (χ2v) is 7.66. The van der Waals surface area contributed by atoms with Crippen LogP contribution in [0.4, 0.5) is 4.79 Å². The number of benzene rings is 3. The first-order valence-electron chi connectivity index (χ1n) is 10.3. The highest BCUT2D eigenvalue weighted by molar-refractivity contribution is 6.03. The molecule has 0 saturated carbocycles. The molecule has 1 heterocycles. The molecule has 3 aromatic carbocycles. The molecule has 158 valence electrons. The van der Waals surface area contributed by atoms with Gasteiger partial charge in [0.2, 0.25) is 0 Å². The average molecular weight is 424 g/mol. The lowest BCUT2D eigenvalue weighted by molar-refractivity contribution is 0.0699. The average Bonchev–Trinajstić information content (AvgIpc) is 3.14. The van der Waals surface area contributed by atoms with Crippen molar-refractivity contribution in [2.75, 3.05) is 6.61 Å². The van der Waals surface area contributed by atoms with Crippen LogP contribution in [-0.2, 0) is 11.3 Å². The Morgan fingerprint density at radius 1 is 0.906 bits per heavy atom. The summed E-state index contributed by atoms with van der Waals surface area (Å²) in [6, 6.07) is 22.9. The van der Waals surface area contributed by atoms with E-state index in [1.54, 1.807) is 24.4 Å². The van der Waals surface area contributed by atoms with Crippen molar-refractivity contribution in [3.05, 3.63) is 101 Å². The van der Waals surface area contributed by atoms with Crippen LogP contribution in [0.2, 0.25) is 0 Å². The molecule has 1 aliphatic carbocycles. The van der Waals surface area contributed by atoms with Gasteiger partial charge in [-0.05, 0) is 39.9 Å². The molecule has 4 aromatic rings. The van der Waals surface area contributed by atoms with Crippen LogP contribution in [0.15, 0.2) is 79.0 Å². The summed E-state index contributed by atoms with van der Waals surface area (Å²) in [7, 11) is 0. The lowest BCUT2D eigenvalue weighted by atomic mass is 9.98. The number of carbonyl (C=O) groups is 2. The molecule has 2 N–H and O–H groups in total. The zero-order valence-electron chi connectivity index (χ0n) is 17.1. The molecule has 0 fully saturated rings. The third-order valence-corrected chi connectivity index (χ3v) is 5.85. The van der Waals surface area contributed by atoms with Gasteiger partial charge in [-0.25, -0.2) is 9.59 Å². The van der Waals surface area contributed by atoms with Crippen LogP contribution in [0.1, 0.15) is 33.0 Å². The summed E-state index contributed by atoms with van der Waals surface area (Å²) in [6.45, 7) is 0.418. The molecule has 0 saturated heterocycles. The zero-order chi connectivity index (χ0) is 22.1. The summed E-state index contributed by atoms with van der Waals surface area (Å²) in [5, 5.41) is 12.7. The lowest BCUT2D eigenvalue weighted by Gasteiger charge is -2.15. The highest BCUT2D eigenvalue weighted by atomic mass is 16.5. The minimum atomic E-state index is -1.01. The molecular weight excluding hydrogens is 404 g/mol. The van der Waals surface area contributed by atoms with E-state index in [0.717, 1.165) is 16.7 Å². The summed E-state index contributed by atoms with van der Waals surface area (Å²) in [4.78, 5) is 28.2. The van der Waals surface area contributed by atoms with Gasteiger partial charge in [0, 0.05) is 24.0 Å². The lowest BCUT2D eigenvalue weighted by Crippen LogP contribution is -2.26. The Hall–Kier alpha value is -4.19. The fraction of sp³-hybridized carbons (Fsp3) is 0.115. The Kier molecular flexibility index (Phi) is 5.03. The number of hydrogen-bond donors (Lipinski definition) is 2. The van der Waals surface area contributed by atoms with E-state index in [-0.39, 0.29) is 24.6 Å². The van der Waals surface area contributed by atoms with E-state index in [2.05, 4.69) is 34.6 Å². The zero-order valence-corrected chi connectivity index (χ0v) is 17.1. The maximum Gasteiger partial charge on any atom is 0.407 e. The molecule has 0 atom stereocenters. The number of carboxylic acids is 1. The summed E-state index contributed by atoms with van der Waals surface area (Å²) >= 11 is 0. The molecule has 5 rings (SSSR count). The molecule has 0 unspecified atom stereocenters. The van der Waals surface area contributed by atoms with Crippen LogP contribution in [0.5, 0.6) is 0 Å². The first-order valence-corrected chi connectivity index (χ1v) is 10.3. The molecule has 6 nitrogen and oxygen atoms in total. The van der Waals surface area contributed by atoms with E-state index < -0.39 is 12.1 Å². The van der Waals surface area contributed by atoms with Crippen LogP contribution >= 0.6 is 0 Å². The summed E-state index contributed by atoms with van der Waals surface area (Å²) in [5.41, 5.74) is 6.10. The van der Waals surface area contributed by atoms with Gasteiger partial charge >= 0.3 is 12.1 Å². The Labute approximate surface area is 184 Å². The number of aromatic carboxylic acids is 1. The van der Waals surface area contributed by atoms with Crippen LogP contribution in [-0.4, -0.2) is 28.8 Å². The fourth-order valence-corrected chi connectivity index (χ4v) is 4.38. The first-order chi connectivity index (χ1) is 15.6. The van der Waals surface area contributed by atoms with Gasteiger partial charge in [0.25, 0.3) is 0 Å². The Morgan fingerprint density at radius 3 is 2.28 bits per heavy atom. The van der Waals surface area contributed by atoms with E-state index in [0.29, 0.717) is 10.9 Å². The predicted molar refractivity (Wildman–Crippen MR) is 121 cm³/mol. The first kappa shape index (κ1) is 19.8. The van der Waals surface area contributed by atoms with Crippen LogP contribution < -0.4 is 5.32 Å². The van der Waals surface area contributed by atoms with Crippen LogP contribution in [0, 0.1) is 0 Å². The number of amides is 1. The highest BCUT2D eigenvalue weighted by Crippen LogP contribution is 2.44. The van der Waals surface area contributed by atoms with Crippen LogP contribution in [0.25, 0.3) is 22.0 Å². The van der Waals surface area contributed by atoms with Crippen LogP contribution in [0.3, 0.4) is 0 Å². The number of rotatable bonds is 5. The SMILES string of the molecule is O=C(NCc1ccc(C(=O)O)c2cccnc12)OCC1c2ccccc2-c2ccccc21. The molecule has 1 aromatic heterocycles. The second-order valence-electron chi connectivity index (χ2n) is 7.66. The highest BCUT2D eigenvalue weighted by Gasteiger charge is 2.29. The van der Waals surface area contributed by atoms with Gasteiger partial charge in [-0.1, -0.05) is 60.7 Å². The largest absolute Gasteiger partial charge is 0.478 e. The number of pyridine rings is 1. The molecule has 0 bridgehead atoms. The van der Waals surface area contributed by atoms with Gasteiger partial charge in [-0.2, -0.15) is 0 Å². The van der Waals surface area contributed by atoms with E-state index in [4.69, 9.17) is 4.74 Å². The molecule has 0 spiro atoms. The third-order valence-electron chi connectivity index (χ3n) is 5.85. The van der Waals surface area contributed by atoms with Crippen molar-refractivity contribution in [2.45, 2.75) is 12.5 Å².